The van der Waals surface area contributed by atoms with Gasteiger partial charge in [0.15, 0.2) is 0 Å². The lowest BCUT2D eigenvalue weighted by Gasteiger charge is -1.98. The quantitative estimate of drug-likeness (QED) is 0.791. The van der Waals surface area contributed by atoms with Crippen molar-refractivity contribution >= 4 is 39.7 Å². The molecule has 0 amide bonds. The van der Waals surface area contributed by atoms with Gasteiger partial charge in [-0.05, 0) is 36.1 Å². The van der Waals surface area contributed by atoms with Crippen LogP contribution in [0.3, 0.4) is 0 Å². The fourth-order valence-electron chi connectivity index (χ4n) is 2.47. The number of nitrogens with one attached hydrogen (secondary N) is 1. The topological polar surface area (TPSA) is 85.9 Å². The predicted molar refractivity (Wildman–Crippen MR) is 94.1 cm³/mol. The van der Waals surface area contributed by atoms with Crippen molar-refractivity contribution in [2.45, 2.75) is 20.3 Å². The van der Waals surface area contributed by atoms with Crippen LogP contribution in [0, 0.1) is 6.92 Å². The van der Waals surface area contributed by atoms with E-state index in [4.69, 9.17) is 0 Å². The Morgan fingerprint density at radius 1 is 1.29 bits per heavy atom. The van der Waals surface area contributed by atoms with Gasteiger partial charge in [0, 0.05) is 0 Å². The molecule has 3 rings (SSSR count). The molecule has 0 bridgehead atoms. The molecule has 6 heteroatoms. The summed E-state index contributed by atoms with van der Waals surface area (Å²) in [6.07, 6.45) is 4.53. The van der Waals surface area contributed by atoms with E-state index in [0.717, 1.165) is 23.3 Å². The van der Waals surface area contributed by atoms with Crippen LogP contribution in [-0.2, 0) is 6.42 Å². The standard InChI is InChI=1S/C18H16N2O3S/c1-3-11-4-6-12(7-5-11)8-9-13-19-16(21)14-10(2)15(18(22)23)24-17(14)20-13/h4-9H,3H2,1-2H3,(H,22,23)(H,19,20,21)/p-1/b9-8+. The second-order valence-electron chi connectivity index (χ2n) is 5.40. The Bertz CT molecular complexity index is 998. The van der Waals surface area contributed by atoms with Gasteiger partial charge in [0.1, 0.15) is 10.7 Å². The summed E-state index contributed by atoms with van der Waals surface area (Å²) in [6.45, 7) is 3.68. The maximum absolute atomic E-state index is 12.2. The summed E-state index contributed by atoms with van der Waals surface area (Å²) in [5, 5.41) is 11.4. The molecule has 1 N–H and O–H groups in total. The van der Waals surface area contributed by atoms with Gasteiger partial charge in [0.2, 0.25) is 0 Å². The molecule has 0 aliphatic heterocycles. The number of hydrogen-bond donors (Lipinski definition) is 1. The van der Waals surface area contributed by atoms with Crippen molar-refractivity contribution in [2.75, 3.05) is 0 Å². The second kappa shape index (κ2) is 6.41. The highest BCUT2D eigenvalue weighted by Crippen LogP contribution is 2.26. The van der Waals surface area contributed by atoms with Crippen molar-refractivity contribution < 1.29 is 9.90 Å². The molecular formula is C18H15N2O3S-. The van der Waals surface area contributed by atoms with Crippen LogP contribution in [0.1, 0.15) is 39.1 Å². The zero-order valence-corrected chi connectivity index (χ0v) is 14.1. The molecule has 3 aromatic rings. The normalized spacial score (nSPS) is 11.4. The number of rotatable bonds is 4. The number of aromatic carboxylic acids is 1. The Labute approximate surface area is 142 Å². The summed E-state index contributed by atoms with van der Waals surface area (Å²) < 4.78 is 0. The van der Waals surface area contributed by atoms with Crippen molar-refractivity contribution in [1.29, 1.82) is 0 Å². The summed E-state index contributed by atoms with van der Waals surface area (Å²) in [5.74, 6) is -0.902. The van der Waals surface area contributed by atoms with Crippen molar-refractivity contribution in [2.24, 2.45) is 0 Å². The average Bonchev–Trinajstić information content (AvgIpc) is 2.91. The van der Waals surface area contributed by atoms with Crippen LogP contribution in [0.2, 0.25) is 0 Å². The maximum atomic E-state index is 12.2. The van der Waals surface area contributed by atoms with Crippen molar-refractivity contribution in [3.63, 3.8) is 0 Å². The van der Waals surface area contributed by atoms with Crippen LogP contribution >= 0.6 is 11.3 Å². The van der Waals surface area contributed by atoms with Crippen LogP contribution in [0.25, 0.3) is 22.4 Å². The van der Waals surface area contributed by atoms with E-state index in [-0.39, 0.29) is 10.4 Å². The lowest BCUT2D eigenvalue weighted by molar-refractivity contribution is -0.254. The summed E-state index contributed by atoms with van der Waals surface area (Å²) in [4.78, 5) is 30.8. The van der Waals surface area contributed by atoms with Crippen LogP contribution < -0.4 is 10.7 Å². The van der Waals surface area contributed by atoms with E-state index in [1.165, 1.54) is 5.56 Å². The molecule has 0 spiro atoms. The molecule has 0 aliphatic rings. The molecule has 0 radical (unpaired) electrons. The third-order valence-electron chi connectivity index (χ3n) is 3.83. The number of benzene rings is 1. The SMILES string of the molecule is CCc1ccc(/C=C/c2nc3sc(C(=O)[O-])c(C)c3c(=O)[nH]2)cc1. The number of carboxylic acids is 1. The third kappa shape index (κ3) is 3.00. The Morgan fingerprint density at radius 3 is 2.62 bits per heavy atom. The van der Waals surface area contributed by atoms with Crippen LogP contribution in [0.5, 0.6) is 0 Å². The monoisotopic (exact) mass is 339 g/mol. The number of aryl methyl sites for hydroxylation is 2. The summed E-state index contributed by atoms with van der Waals surface area (Å²) in [5.41, 5.74) is 2.30. The number of carbonyl (C=O) groups excluding carboxylic acids is 1. The Morgan fingerprint density at radius 2 is 2.00 bits per heavy atom. The number of carboxylic acid groups (broad SMARTS) is 1. The van der Waals surface area contributed by atoms with E-state index in [0.29, 0.717) is 21.6 Å². The first-order chi connectivity index (χ1) is 11.5. The molecular weight excluding hydrogens is 324 g/mol. The summed E-state index contributed by atoms with van der Waals surface area (Å²) >= 11 is 0.960. The second-order valence-corrected chi connectivity index (χ2v) is 6.40. The zero-order chi connectivity index (χ0) is 17.3. The zero-order valence-electron chi connectivity index (χ0n) is 13.3. The number of fused-ring (bicyclic) bond motifs is 1. The van der Waals surface area contributed by atoms with E-state index < -0.39 is 5.97 Å². The van der Waals surface area contributed by atoms with Gasteiger partial charge in [-0.1, -0.05) is 37.3 Å². The molecule has 122 valence electrons. The van der Waals surface area contributed by atoms with Gasteiger partial charge in [0.05, 0.1) is 16.2 Å². The average molecular weight is 339 g/mol. The van der Waals surface area contributed by atoms with Crippen molar-refractivity contribution in [1.82, 2.24) is 9.97 Å². The lowest BCUT2D eigenvalue weighted by atomic mass is 10.1. The van der Waals surface area contributed by atoms with E-state index >= 15 is 0 Å². The van der Waals surface area contributed by atoms with E-state index in [9.17, 15) is 14.7 Å². The van der Waals surface area contributed by atoms with Gasteiger partial charge in [-0.3, -0.25) is 4.79 Å². The first-order valence-corrected chi connectivity index (χ1v) is 8.33. The fraction of sp³-hybridized carbons (Fsp3) is 0.167. The third-order valence-corrected chi connectivity index (χ3v) is 4.99. The maximum Gasteiger partial charge on any atom is 0.260 e. The van der Waals surface area contributed by atoms with Gasteiger partial charge < -0.3 is 14.9 Å². The van der Waals surface area contributed by atoms with Gasteiger partial charge in [-0.15, -0.1) is 11.3 Å². The Hall–Kier alpha value is -2.73. The smallest absolute Gasteiger partial charge is 0.260 e. The fourth-order valence-corrected chi connectivity index (χ4v) is 3.50. The van der Waals surface area contributed by atoms with Gasteiger partial charge in [-0.25, -0.2) is 4.98 Å². The first kappa shape index (κ1) is 16.1. The molecule has 0 fully saturated rings. The molecule has 0 saturated heterocycles. The largest absolute Gasteiger partial charge is 0.544 e. The molecule has 0 atom stereocenters. The highest BCUT2D eigenvalue weighted by atomic mass is 32.1. The molecule has 1 aromatic carbocycles. The molecule has 5 nitrogen and oxygen atoms in total. The molecule has 0 unspecified atom stereocenters. The molecule has 24 heavy (non-hydrogen) atoms. The number of H-pyrrole nitrogens is 1. The summed E-state index contributed by atoms with van der Waals surface area (Å²) in [7, 11) is 0. The number of hydrogen-bond acceptors (Lipinski definition) is 5. The molecule has 0 aliphatic carbocycles. The summed E-state index contributed by atoms with van der Waals surface area (Å²) in [6, 6.07) is 8.09. The van der Waals surface area contributed by atoms with Crippen LogP contribution in [0.15, 0.2) is 29.1 Å². The Balaban J connectivity index is 1.99. The van der Waals surface area contributed by atoms with Crippen LogP contribution in [0.4, 0.5) is 0 Å². The minimum atomic E-state index is -1.29. The van der Waals surface area contributed by atoms with E-state index in [1.807, 2.05) is 30.3 Å². The number of thiophene rings is 1. The molecule has 0 saturated carbocycles. The van der Waals surface area contributed by atoms with E-state index in [2.05, 4.69) is 16.9 Å². The number of aromatic nitrogens is 2. The Kier molecular flexibility index (Phi) is 4.31. The first-order valence-electron chi connectivity index (χ1n) is 7.51. The predicted octanol–water partition coefficient (Wildman–Crippen LogP) is 2.39. The van der Waals surface area contributed by atoms with Crippen molar-refractivity contribution in [3.8, 4) is 0 Å². The van der Waals surface area contributed by atoms with E-state index in [1.54, 1.807) is 13.0 Å². The van der Waals surface area contributed by atoms with Gasteiger partial charge >= 0.3 is 0 Å². The number of nitrogens with zero attached hydrogens (tertiary/aromatic N) is 1. The van der Waals surface area contributed by atoms with Gasteiger partial charge in [-0.2, -0.15) is 0 Å². The minimum Gasteiger partial charge on any atom is -0.544 e. The van der Waals surface area contributed by atoms with Crippen molar-refractivity contribution in [3.05, 3.63) is 62.0 Å². The highest BCUT2D eigenvalue weighted by molar-refractivity contribution is 7.20. The minimum absolute atomic E-state index is 0.0410. The highest BCUT2D eigenvalue weighted by Gasteiger charge is 2.14. The van der Waals surface area contributed by atoms with Crippen LogP contribution in [-0.4, -0.2) is 15.9 Å². The molecule has 2 aromatic heterocycles. The van der Waals surface area contributed by atoms with Gasteiger partial charge in [0.25, 0.3) is 5.56 Å². The number of carbonyl (C=O) groups is 1. The molecule has 2 heterocycles. The number of aromatic amines is 1. The lowest BCUT2D eigenvalue weighted by Crippen LogP contribution is -2.21.